The highest BCUT2D eigenvalue weighted by Gasteiger charge is 2.02. The van der Waals surface area contributed by atoms with Crippen molar-refractivity contribution in [1.82, 2.24) is 5.32 Å². The molecule has 20 heavy (non-hydrogen) atoms. The number of nitrogens with two attached hydrogens (primary N) is 1. The Morgan fingerprint density at radius 1 is 1.05 bits per heavy atom. The summed E-state index contributed by atoms with van der Waals surface area (Å²) < 4.78 is 5.76. The van der Waals surface area contributed by atoms with Gasteiger partial charge in [0.2, 0.25) is 0 Å². The van der Waals surface area contributed by atoms with Gasteiger partial charge in [-0.25, -0.2) is 0 Å². The molecule has 0 fully saturated rings. The average molecular weight is 290 g/mol. The average Bonchev–Trinajstić information content (AvgIpc) is 2.93. The Labute approximate surface area is 124 Å². The molecule has 0 unspecified atom stereocenters. The lowest BCUT2D eigenvalue weighted by atomic mass is 10.1. The van der Waals surface area contributed by atoms with Crippen LogP contribution < -0.4 is 11.1 Å². The Bertz CT molecular complexity index is 484. The lowest BCUT2D eigenvalue weighted by Gasteiger charge is -2.03. The Balaban J connectivity index is 1.64. The summed E-state index contributed by atoms with van der Waals surface area (Å²) in [6.45, 7) is 2.47. The minimum Gasteiger partial charge on any atom is -0.464 e. The first-order valence-corrected chi connectivity index (χ1v) is 8.14. The molecular formula is C16H22N2OS. The first kappa shape index (κ1) is 15.2. The van der Waals surface area contributed by atoms with E-state index in [-0.39, 0.29) is 0 Å². The number of hydrogen-bond acceptors (Lipinski definition) is 4. The summed E-state index contributed by atoms with van der Waals surface area (Å²) in [6, 6.07) is 14.6. The van der Waals surface area contributed by atoms with E-state index in [4.69, 9.17) is 10.2 Å². The van der Waals surface area contributed by atoms with Crippen LogP contribution in [0.4, 0.5) is 0 Å². The van der Waals surface area contributed by atoms with Crippen LogP contribution in [0, 0.1) is 0 Å². The van der Waals surface area contributed by atoms with E-state index < -0.39 is 0 Å². The van der Waals surface area contributed by atoms with Gasteiger partial charge in [0, 0.05) is 12.3 Å². The summed E-state index contributed by atoms with van der Waals surface area (Å²) in [6.07, 6.45) is 1.04. The molecule has 3 nitrogen and oxygen atoms in total. The molecule has 0 radical (unpaired) electrons. The molecule has 1 heterocycles. The van der Waals surface area contributed by atoms with Crippen LogP contribution >= 0.6 is 11.8 Å². The zero-order valence-electron chi connectivity index (χ0n) is 11.7. The van der Waals surface area contributed by atoms with Gasteiger partial charge in [-0.05, 0) is 30.7 Å². The van der Waals surface area contributed by atoms with Gasteiger partial charge in [0.05, 0.1) is 12.3 Å². The van der Waals surface area contributed by atoms with Crippen molar-refractivity contribution in [3.05, 3.63) is 59.5 Å². The summed E-state index contributed by atoms with van der Waals surface area (Å²) in [5.41, 5.74) is 6.82. The lowest BCUT2D eigenvalue weighted by molar-refractivity contribution is 0.460. The maximum atomic E-state index is 5.76. The molecule has 4 heteroatoms. The molecule has 0 bridgehead atoms. The number of furan rings is 1. The maximum Gasteiger partial charge on any atom is 0.117 e. The fraction of sp³-hybridized carbons (Fsp3) is 0.375. The fourth-order valence-corrected chi connectivity index (χ4v) is 2.61. The van der Waals surface area contributed by atoms with Crippen molar-refractivity contribution in [2.75, 3.05) is 18.8 Å². The monoisotopic (exact) mass is 290 g/mol. The molecule has 0 spiro atoms. The summed E-state index contributed by atoms with van der Waals surface area (Å²) in [5.74, 6) is 3.91. The van der Waals surface area contributed by atoms with Gasteiger partial charge >= 0.3 is 0 Å². The number of rotatable bonds is 9. The molecule has 1 aromatic heterocycles. The van der Waals surface area contributed by atoms with Gasteiger partial charge in [0.1, 0.15) is 11.5 Å². The molecule has 2 aromatic rings. The second-order valence-electron chi connectivity index (χ2n) is 4.62. The molecular weight excluding hydrogens is 268 g/mol. The van der Waals surface area contributed by atoms with Crippen LogP contribution in [0.1, 0.15) is 17.1 Å². The second kappa shape index (κ2) is 8.84. The van der Waals surface area contributed by atoms with E-state index in [1.54, 1.807) is 11.8 Å². The number of thioether (sulfide) groups is 1. The Hall–Kier alpha value is -1.23. The minimum absolute atomic E-state index is 0.722. The predicted octanol–water partition coefficient (Wildman–Crippen LogP) is 2.80. The molecule has 108 valence electrons. The zero-order valence-corrected chi connectivity index (χ0v) is 12.5. The van der Waals surface area contributed by atoms with E-state index in [1.807, 2.05) is 12.1 Å². The van der Waals surface area contributed by atoms with E-state index in [0.29, 0.717) is 0 Å². The first-order valence-electron chi connectivity index (χ1n) is 6.98. The zero-order chi connectivity index (χ0) is 14.0. The normalized spacial score (nSPS) is 10.8. The van der Waals surface area contributed by atoms with Crippen molar-refractivity contribution in [2.45, 2.75) is 18.7 Å². The van der Waals surface area contributed by atoms with Crippen LogP contribution in [0.2, 0.25) is 0 Å². The maximum absolute atomic E-state index is 5.76. The molecule has 1 aromatic carbocycles. The van der Waals surface area contributed by atoms with E-state index in [9.17, 15) is 0 Å². The number of benzene rings is 1. The smallest absolute Gasteiger partial charge is 0.117 e. The minimum atomic E-state index is 0.722. The summed E-state index contributed by atoms with van der Waals surface area (Å²) in [7, 11) is 0. The molecule has 2 rings (SSSR count). The molecule has 0 aliphatic carbocycles. The van der Waals surface area contributed by atoms with E-state index in [1.165, 1.54) is 5.56 Å². The molecule has 0 aliphatic heterocycles. The molecule has 0 atom stereocenters. The van der Waals surface area contributed by atoms with Crippen molar-refractivity contribution in [3.8, 4) is 0 Å². The van der Waals surface area contributed by atoms with Crippen molar-refractivity contribution in [2.24, 2.45) is 5.73 Å². The van der Waals surface area contributed by atoms with Crippen LogP contribution in [0.25, 0.3) is 0 Å². The number of hydrogen-bond donors (Lipinski definition) is 2. The van der Waals surface area contributed by atoms with Gasteiger partial charge in [-0.1, -0.05) is 30.3 Å². The summed E-state index contributed by atoms with van der Waals surface area (Å²) >= 11 is 1.81. The van der Waals surface area contributed by atoms with Crippen molar-refractivity contribution in [1.29, 1.82) is 0 Å². The second-order valence-corrected chi connectivity index (χ2v) is 5.73. The highest BCUT2D eigenvalue weighted by Crippen LogP contribution is 2.14. The van der Waals surface area contributed by atoms with Crippen LogP contribution in [0.15, 0.2) is 46.9 Å². The molecule has 0 aliphatic rings. The van der Waals surface area contributed by atoms with E-state index in [0.717, 1.165) is 49.1 Å². The van der Waals surface area contributed by atoms with Gasteiger partial charge in [-0.2, -0.15) is 11.8 Å². The molecule has 0 saturated carbocycles. The molecule has 3 N–H and O–H groups in total. The lowest BCUT2D eigenvalue weighted by Crippen LogP contribution is -2.16. The van der Waals surface area contributed by atoms with Crippen molar-refractivity contribution in [3.63, 3.8) is 0 Å². The third-order valence-corrected chi connectivity index (χ3v) is 3.97. The first-order chi connectivity index (χ1) is 9.88. The van der Waals surface area contributed by atoms with Gasteiger partial charge < -0.3 is 15.5 Å². The Morgan fingerprint density at radius 2 is 1.85 bits per heavy atom. The third-order valence-electron chi connectivity index (χ3n) is 2.96. The van der Waals surface area contributed by atoms with Gasteiger partial charge in [-0.15, -0.1) is 0 Å². The molecule has 0 saturated heterocycles. The standard InChI is InChI=1S/C16H22N2OS/c17-9-11-20-13-16-7-6-15(19-16)12-18-10-8-14-4-2-1-3-5-14/h1-7,18H,8-13,17H2. The predicted molar refractivity (Wildman–Crippen MR) is 85.8 cm³/mol. The van der Waals surface area contributed by atoms with Gasteiger partial charge in [0.15, 0.2) is 0 Å². The van der Waals surface area contributed by atoms with Gasteiger partial charge in [0.25, 0.3) is 0 Å². The Morgan fingerprint density at radius 3 is 2.65 bits per heavy atom. The Kier molecular flexibility index (Phi) is 6.71. The van der Waals surface area contributed by atoms with Crippen molar-refractivity contribution < 1.29 is 4.42 Å². The highest BCUT2D eigenvalue weighted by atomic mass is 32.2. The van der Waals surface area contributed by atoms with Crippen LogP contribution in [0.3, 0.4) is 0 Å². The van der Waals surface area contributed by atoms with Crippen LogP contribution in [-0.2, 0) is 18.7 Å². The number of nitrogens with one attached hydrogen (secondary N) is 1. The fourth-order valence-electron chi connectivity index (χ4n) is 1.94. The van der Waals surface area contributed by atoms with E-state index in [2.05, 4.69) is 35.6 Å². The van der Waals surface area contributed by atoms with Gasteiger partial charge in [-0.3, -0.25) is 0 Å². The van der Waals surface area contributed by atoms with Crippen LogP contribution in [0.5, 0.6) is 0 Å². The van der Waals surface area contributed by atoms with Crippen molar-refractivity contribution >= 4 is 11.8 Å². The largest absolute Gasteiger partial charge is 0.464 e. The van der Waals surface area contributed by atoms with E-state index >= 15 is 0 Å². The molecule has 0 amide bonds. The quantitative estimate of drug-likeness (QED) is 0.697. The van der Waals surface area contributed by atoms with Crippen LogP contribution in [-0.4, -0.2) is 18.8 Å². The highest BCUT2D eigenvalue weighted by molar-refractivity contribution is 7.98. The topological polar surface area (TPSA) is 51.2 Å². The summed E-state index contributed by atoms with van der Waals surface area (Å²) in [4.78, 5) is 0. The summed E-state index contributed by atoms with van der Waals surface area (Å²) in [5, 5.41) is 3.41. The third kappa shape index (κ3) is 5.41. The SMILES string of the molecule is NCCSCc1ccc(CNCCc2ccccc2)o1.